The van der Waals surface area contributed by atoms with Crippen LogP contribution in [-0.4, -0.2) is 81.8 Å². The lowest BCUT2D eigenvalue weighted by atomic mass is 9.84. The fraction of sp³-hybridized carbons (Fsp3) is 0.654. The van der Waals surface area contributed by atoms with Gasteiger partial charge >= 0.3 is 5.97 Å². The number of nitrogens with two attached hydrogens (primary N) is 2. The number of guanidine groups is 1. The van der Waals surface area contributed by atoms with Crippen molar-refractivity contribution < 1.29 is 32.6 Å². The molecular formula is C26H41N7O7S. The summed E-state index contributed by atoms with van der Waals surface area (Å²) in [5.41, 5.74) is 11.6. The van der Waals surface area contributed by atoms with Crippen LogP contribution in [0.25, 0.3) is 0 Å². The average molecular weight is 596 g/mol. The van der Waals surface area contributed by atoms with E-state index in [1.807, 2.05) is 0 Å². The standard InChI is InChI=1S/C26H41N5O7S.N2/c1-37-23-12-11-20(15-21(23)18-7-3-2-4-8-18)39(35,36)30-22(10-5-13-29-26(27)28)25(34)31(17-24(32)33)16-19-9-6-14-38-19;1-2/h11-12,15,18-19,22,30H,2-10,13-14,16-17H2,1H3,(H,32,33)(H4,27,28,29);/t19?,22-;/m0./s1. The summed E-state index contributed by atoms with van der Waals surface area (Å²) >= 11 is 0. The van der Waals surface area contributed by atoms with Gasteiger partial charge in [0.05, 0.1) is 18.1 Å². The first-order valence-electron chi connectivity index (χ1n) is 13.7. The molecule has 2 fully saturated rings. The van der Waals surface area contributed by atoms with Crippen LogP contribution in [0, 0.1) is 10.8 Å². The average Bonchev–Trinajstić information content (AvgIpc) is 3.48. The smallest absolute Gasteiger partial charge is 0.323 e. The van der Waals surface area contributed by atoms with E-state index in [9.17, 15) is 23.1 Å². The maximum absolute atomic E-state index is 13.6. The molecule has 1 saturated heterocycles. The third kappa shape index (κ3) is 10.5. The highest BCUT2D eigenvalue weighted by Crippen LogP contribution is 2.38. The summed E-state index contributed by atoms with van der Waals surface area (Å²) in [6.45, 7) is 0.215. The van der Waals surface area contributed by atoms with Crippen LogP contribution in [0.15, 0.2) is 28.1 Å². The molecule has 1 saturated carbocycles. The van der Waals surface area contributed by atoms with Crippen LogP contribution in [-0.2, 0) is 24.3 Å². The summed E-state index contributed by atoms with van der Waals surface area (Å²) in [5.74, 6) is -1.12. The van der Waals surface area contributed by atoms with Gasteiger partial charge in [-0.3, -0.25) is 14.6 Å². The Bertz CT molecular complexity index is 1160. The molecule has 15 heteroatoms. The predicted molar refractivity (Wildman–Crippen MR) is 149 cm³/mol. The molecule has 14 nitrogen and oxygen atoms in total. The molecule has 2 aliphatic rings. The zero-order chi connectivity index (χ0) is 30.4. The van der Waals surface area contributed by atoms with E-state index in [1.54, 1.807) is 19.2 Å². The minimum absolute atomic E-state index is 0.0230. The Morgan fingerprint density at radius 3 is 2.49 bits per heavy atom. The Morgan fingerprint density at radius 1 is 1.20 bits per heavy atom. The van der Waals surface area contributed by atoms with Crippen LogP contribution in [0.5, 0.6) is 5.75 Å². The van der Waals surface area contributed by atoms with Crippen LogP contribution in [0.1, 0.15) is 69.3 Å². The van der Waals surface area contributed by atoms with Gasteiger partial charge in [0, 0.05) is 30.5 Å². The topological polar surface area (TPSA) is 234 Å². The maximum Gasteiger partial charge on any atom is 0.323 e. The number of carbonyl (C=O) groups is 2. The number of benzene rings is 1. The zero-order valence-electron chi connectivity index (χ0n) is 23.4. The lowest BCUT2D eigenvalue weighted by molar-refractivity contribution is -0.146. The number of nitrogens with one attached hydrogen (secondary N) is 1. The predicted octanol–water partition coefficient (Wildman–Crippen LogP) is 1.57. The number of carboxylic acids is 1. The van der Waals surface area contributed by atoms with Crippen LogP contribution >= 0.6 is 0 Å². The molecule has 228 valence electrons. The van der Waals surface area contributed by atoms with E-state index in [0.717, 1.165) is 49.0 Å². The normalized spacial score (nSPS) is 18.0. The zero-order valence-corrected chi connectivity index (χ0v) is 24.2. The molecule has 0 radical (unpaired) electrons. The van der Waals surface area contributed by atoms with Crippen molar-refractivity contribution in [3.05, 3.63) is 23.8 Å². The van der Waals surface area contributed by atoms with E-state index in [1.165, 1.54) is 6.07 Å². The van der Waals surface area contributed by atoms with Gasteiger partial charge in [-0.25, -0.2) is 8.42 Å². The molecule has 0 bridgehead atoms. The molecule has 1 aromatic carbocycles. The van der Waals surface area contributed by atoms with Crippen LogP contribution in [0.4, 0.5) is 0 Å². The Balaban J connectivity index is 0.00000287. The fourth-order valence-electron chi connectivity index (χ4n) is 5.25. The van der Waals surface area contributed by atoms with Crippen molar-refractivity contribution in [2.24, 2.45) is 16.5 Å². The van der Waals surface area contributed by atoms with Gasteiger partial charge in [-0.15, -0.1) is 0 Å². The molecule has 2 atom stereocenters. The van der Waals surface area contributed by atoms with Gasteiger partial charge in [-0.05, 0) is 68.2 Å². The lowest BCUT2D eigenvalue weighted by Gasteiger charge is -2.28. The second-order valence-electron chi connectivity index (χ2n) is 10.1. The van der Waals surface area contributed by atoms with Crippen LogP contribution < -0.4 is 20.9 Å². The fourth-order valence-corrected chi connectivity index (χ4v) is 6.51. The van der Waals surface area contributed by atoms with Crippen LogP contribution in [0.2, 0.25) is 0 Å². The van der Waals surface area contributed by atoms with Crippen molar-refractivity contribution in [3.8, 4) is 5.75 Å². The Kier molecular flexibility index (Phi) is 13.7. The Hall–Kier alpha value is -3.48. The summed E-state index contributed by atoms with van der Waals surface area (Å²) in [4.78, 5) is 30.2. The first-order chi connectivity index (χ1) is 19.6. The van der Waals surface area contributed by atoms with Gasteiger partial charge in [0.15, 0.2) is 5.96 Å². The highest BCUT2D eigenvalue weighted by atomic mass is 32.2. The molecule has 6 N–H and O–H groups in total. The van der Waals surface area contributed by atoms with E-state index >= 15 is 0 Å². The minimum atomic E-state index is -4.15. The highest BCUT2D eigenvalue weighted by Gasteiger charge is 2.33. The summed E-state index contributed by atoms with van der Waals surface area (Å²) < 4.78 is 40.8. The summed E-state index contributed by atoms with van der Waals surface area (Å²) in [6, 6.07) is 3.50. The number of aliphatic imine (C=N–C) groups is 1. The summed E-state index contributed by atoms with van der Waals surface area (Å²) in [6.07, 6.45) is 6.77. The molecule has 1 amide bonds. The summed E-state index contributed by atoms with van der Waals surface area (Å²) in [5, 5.41) is 21.4. The third-order valence-corrected chi connectivity index (χ3v) is 8.65. The van der Waals surface area contributed by atoms with E-state index in [2.05, 4.69) is 9.71 Å². The number of carbonyl (C=O) groups excluding carboxylic acids is 1. The third-order valence-electron chi connectivity index (χ3n) is 7.18. The molecule has 0 spiro atoms. The molecule has 1 unspecified atom stereocenters. The highest BCUT2D eigenvalue weighted by molar-refractivity contribution is 7.89. The van der Waals surface area contributed by atoms with Crippen molar-refractivity contribution in [3.63, 3.8) is 0 Å². The number of amides is 1. The molecule has 3 rings (SSSR count). The first-order valence-corrected chi connectivity index (χ1v) is 15.2. The number of methoxy groups -OCH3 is 1. The van der Waals surface area contributed by atoms with Gasteiger partial charge < -0.3 is 30.9 Å². The van der Waals surface area contributed by atoms with E-state index in [4.69, 9.17) is 31.7 Å². The number of carboxylic acid groups (broad SMARTS) is 1. The minimum Gasteiger partial charge on any atom is -0.496 e. The number of sulfonamides is 1. The van der Waals surface area contributed by atoms with Gasteiger partial charge in [0.1, 0.15) is 18.3 Å². The van der Waals surface area contributed by atoms with Crippen LogP contribution in [0.3, 0.4) is 0 Å². The number of aliphatic carboxylic acids is 1. The van der Waals surface area contributed by atoms with Crippen molar-refractivity contribution in [2.75, 3.05) is 33.4 Å². The number of nitrogens with zero attached hydrogens (tertiary/aromatic N) is 4. The van der Waals surface area contributed by atoms with Gasteiger partial charge in [0.2, 0.25) is 15.9 Å². The molecule has 1 heterocycles. The molecule has 41 heavy (non-hydrogen) atoms. The van der Waals surface area contributed by atoms with E-state index < -0.39 is 34.5 Å². The van der Waals surface area contributed by atoms with Crippen molar-refractivity contribution in [1.82, 2.24) is 9.62 Å². The quantitative estimate of drug-likeness (QED) is 0.104. The largest absolute Gasteiger partial charge is 0.496 e. The first kappa shape index (κ1) is 33.7. The van der Waals surface area contributed by atoms with Crippen molar-refractivity contribution >= 4 is 27.9 Å². The van der Waals surface area contributed by atoms with Gasteiger partial charge in [0.25, 0.3) is 0 Å². The maximum atomic E-state index is 13.6. The molecule has 1 aliphatic heterocycles. The Morgan fingerprint density at radius 2 is 1.90 bits per heavy atom. The van der Waals surface area contributed by atoms with Crippen molar-refractivity contribution in [1.29, 1.82) is 10.8 Å². The second-order valence-corrected chi connectivity index (χ2v) is 11.8. The monoisotopic (exact) mass is 595 g/mol. The molecule has 0 aromatic heterocycles. The molecular weight excluding hydrogens is 554 g/mol. The number of hydrogen-bond acceptors (Lipinski definition) is 9. The lowest BCUT2D eigenvalue weighted by Crippen LogP contribution is -2.51. The van der Waals surface area contributed by atoms with E-state index in [-0.39, 0.29) is 42.4 Å². The molecule has 1 aromatic rings. The van der Waals surface area contributed by atoms with Crippen molar-refractivity contribution in [2.45, 2.75) is 80.7 Å². The molecule has 1 aliphatic carbocycles. The SMILES string of the molecule is COc1ccc(S(=O)(=O)N[C@@H](CCCN=C(N)N)C(=O)N(CC(=O)O)CC2CCCO2)cc1C1CCCCC1.N#N. The Labute approximate surface area is 240 Å². The number of hydrogen-bond donors (Lipinski definition) is 4. The van der Waals surface area contributed by atoms with Gasteiger partial charge in [-0.2, -0.15) is 4.72 Å². The van der Waals surface area contributed by atoms with Gasteiger partial charge in [-0.1, -0.05) is 19.3 Å². The second kappa shape index (κ2) is 16.7. The summed E-state index contributed by atoms with van der Waals surface area (Å²) in [7, 11) is -2.59. The number of ether oxygens (including phenoxy) is 2. The number of rotatable bonds is 14. The van der Waals surface area contributed by atoms with E-state index in [0.29, 0.717) is 25.2 Å².